The second kappa shape index (κ2) is 7.78. The normalized spacial score (nSPS) is 21.5. The topological polar surface area (TPSA) is 65.6 Å². The van der Waals surface area contributed by atoms with Gasteiger partial charge in [-0.25, -0.2) is 4.39 Å². The predicted octanol–water partition coefficient (Wildman–Crippen LogP) is 1.74. The summed E-state index contributed by atoms with van der Waals surface area (Å²) in [5.41, 5.74) is 1.24. The van der Waals surface area contributed by atoms with Crippen molar-refractivity contribution in [3.05, 3.63) is 46.0 Å². The number of aromatic amines is 1. The molecule has 2 fully saturated rings. The number of hydrogen-bond donors (Lipinski definition) is 1. The molecule has 1 N–H and O–H groups in total. The van der Waals surface area contributed by atoms with Crippen LogP contribution < -0.4 is 5.43 Å². The third-order valence-corrected chi connectivity index (χ3v) is 5.42. The highest BCUT2D eigenvalue weighted by molar-refractivity contribution is 5.79. The zero-order valence-corrected chi connectivity index (χ0v) is 15.2. The first-order chi connectivity index (χ1) is 13.1. The number of fused-ring (bicyclic) bond motifs is 1. The molecule has 1 atom stereocenters. The fourth-order valence-corrected chi connectivity index (χ4v) is 4.04. The molecule has 27 heavy (non-hydrogen) atoms. The fourth-order valence-electron chi connectivity index (χ4n) is 4.04. The molecule has 1 aromatic carbocycles. The van der Waals surface area contributed by atoms with Crippen molar-refractivity contribution in [2.75, 3.05) is 39.4 Å². The fraction of sp³-hybridized carbons (Fsp3) is 0.500. The molecule has 1 aromatic heterocycles. The Morgan fingerprint density at radius 2 is 2.04 bits per heavy atom. The summed E-state index contributed by atoms with van der Waals surface area (Å²) in [4.78, 5) is 32.4. The molecular formula is C20H24FN3O3. The van der Waals surface area contributed by atoms with Crippen LogP contribution >= 0.6 is 0 Å². The number of halogens is 1. The summed E-state index contributed by atoms with van der Waals surface area (Å²) < 4.78 is 18.7. The van der Waals surface area contributed by atoms with Gasteiger partial charge >= 0.3 is 0 Å². The van der Waals surface area contributed by atoms with Crippen LogP contribution in [0.25, 0.3) is 10.9 Å². The maximum absolute atomic E-state index is 13.4. The third-order valence-electron chi connectivity index (χ3n) is 5.42. The molecule has 2 aromatic rings. The van der Waals surface area contributed by atoms with E-state index in [1.165, 1.54) is 18.2 Å². The van der Waals surface area contributed by atoms with E-state index in [-0.39, 0.29) is 17.3 Å². The second-order valence-electron chi connectivity index (χ2n) is 7.36. The molecule has 0 unspecified atom stereocenters. The van der Waals surface area contributed by atoms with Crippen LogP contribution in [0, 0.1) is 11.7 Å². The van der Waals surface area contributed by atoms with E-state index in [1.54, 1.807) is 6.07 Å². The monoisotopic (exact) mass is 373 g/mol. The van der Waals surface area contributed by atoms with Crippen LogP contribution in [0.5, 0.6) is 0 Å². The first-order valence-electron chi connectivity index (χ1n) is 9.50. The molecule has 3 heterocycles. The van der Waals surface area contributed by atoms with E-state index >= 15 is 0 Å². The Balaban J connectivity index is 1.46. The Bertz CT molecular complexity index is 892. The highest BCUT2D eigenvalue weighted by atomic mass is 19.1. The van der Waals surface area contributed by atoms with Gasteiger partial charge in [0.25, 0.3) is 0 Å². The number of amides is 1. The van der Waals surface area contributed by atoms with Crippen molar-refractivity contribution >= 4 is 16.8 Å². The molecular weight excluding hydrogens is 349 g/mol. The molecule has 2 aliphatic heterocycles. The number of piperidine rings is 1. The number of carbonyl (C=O) groups is 1. The Labute approximate surface area is 156 Å². The van der Waals surface area contributed by atoms with E-state index in [4.69, 9.17) is 4.74 Å². The van der Waals surface area contributed by atoms with Gasteiger partial charge in [-0.1, -0.05) is 0 Å². The molecule has 0 bridgehead atoms. The minimum absolute atomic E-state index is 0.00174. The van der Waals surface area contributed by atoms with Gasteiger partial charge in [0, 0.05) is 48.8 Å². The number of pyridine rings is 1. The van der Waals surface area contributed by atoms with E-state index < -0.39 is 5.82 Å². The number of nitrogens with one attached hydrogen (secondary N) is 1. The number of H-pyrrole nitrogens is 1. The number of aromatic nitrogens is 1. The molecule has 7 heteroatoms. The SMILES string of the molecule is O=C([C@@H]1CCCN(Cc2cc(=O)c3cc(F)ccc3[nH]2)C1)N1CCOCC1. The van der Waals surface area contributed by atoms with Gasteiger partial charge in [0.15, 0.2) is 5.43 Å². The van der Waals surface area contributed by atoms with Crippen molar-refractivity contribution in [1.29, 1.82) is 0 Å². The lowest BCUT2D eigenvalue weighted by Crippen LogP contribution is -2.48. The molecule has 6 nitrogen and oxygen atoms in total. The maximum atomic E-state index is 13.4. The van der Waals surface area contributed by atoms with Crippen molar-refractivity contribution in [2.24, 2.45) is 5.92 Å². The molecule has 0 spiro atoms. The summed E-state index contributed by atoms with van der Waals surface area (Å²) >= 11 is 0. The van der Waals surface area contributed by atoms with Gasteiger partial charge < -0.3 is 14.6 Å². The van der Waals surface area contributed by atoms with Gasteiger partial charge in [-0.15, -0.1) is 0 Å². The van der Waals surface area contributed by atoms with Crippen LogP contribution in [0.1, 0.15) is 18.5 Å². The average molecular weight is 373 g/mol. The summed E-state index contributed by atoms with van der Waals surface area (Å²) in [6.07, 6.45) is 1.87. The van der Waals surface area contributed by atoms with Crippen molar-refractivity contribution in [1.82, 2.24) is 14.8 Å². The van der Waals surface area contributed by atoms with Crippen molar-refractivity contribution < 1.29 is 13.9 Å². The van der Waals surface area contributed by atoms with Crippen LogP contribution in [-0.4, -0.2) is 60.1 Å². The summed E-state index contributed by atoms with van der Waals surface area (Å²) in [5, 5.41) is 0.359. The smallest absolute Gasteiger partial charge is 0.227 e. The van der Waals surface area contributed by atoms with Crippen molar-refractivity contribution in [3.8, 4) is 0 Å². The molecule has 0 saturated carbocycles. The van der Waals surface area contributed by atoms with Crippen LogP contribution in [0.15, 0.2) is 29.1 Å². The van der Waals surface area contributed by atoms with E-state index in [9.17, 15) is 14.0 Å². The first-order valence-corrected chi connectivity index (χ1v) is 9.50. The standard InChI is InChI=1S/C20H24FN3O3/c21-15-3-4-18-17(10-15)19(25)11-16(22-18)13-23-5-1-2-14(12-23)20(26)24-6-8-27-9-7-24/h3-4,10-11,14H,1-2,5-9,12-13H2,(H,22,25)/t14-/m1/s1. The number of hydrogen-bond acceptors (Lipinski definition) is 4. The van der Waals surface area contributed by atoms with Crippen molar-refractivity contribution in [3.63, 3.8) is 0 Å². The van der Waals surface area contributed by atoms with Crippen LogP contribution in [-0.2, 0) is 16.1 Å². The lowest BCUT2D eigenvalue weighted by Gasteiger charge is -2.36. The summed E-state index contributed by atoms with van der Waals surface area (Å²) in [5.74, 6) is -0.204. The Morgan fingerprint density at radius 3 is 2.85 bits per heavy atom. The van der Waals surface area contributed by atoms with Gasteiger partial charge in [-0.3, -0.25) is 14.5 Å². The highest BCUT2D eigenvalue weighted by Crippen LogP contribution is 2.21. The summed E-state index contributed by atoms with van der Waals surface area (Å²) in [6, 6.07) is 5.74. The van der Waals surface area contributed by atoms with Gasteiger partial charge in [0.1, 0.15) is 5.82 Å². The molecule has 4 rings (SSSR count). The molecule has 2 saturated heterocycles. The average Bonchev–Trinajstić information content (AvgIpc) is 2.69. The number of ether oxygens (including phenoxy) is 1. The van der Waals surface area contributed by atoms with E-state index in [1.807, 2.05) is 4.90 Å². The van der Waals surface area contributed by atoms with Gasteiger partial charge in [-0.2, -0.15) is 0 Å². The maximum Gasteiger partial charge on any atom is 0.227 e. The summed E-state index contributed by atoms with van der Waals surface area (Å²) in [6.45, 7) is 4.74. The third kappa shape index (κ3) is 4.04. The zero-order valence-electron chi connectivity index (χ0n) is 15.2. The quantitative estimate of drug-likeness (QED) is 0.890. The number of rotatable bonds is 3. The van der Waals surface area contributed by atoms with Gasteiger partial charge in [0.05, 0.1) is 19.1 Å². The number of likely N-dealkylation sites (tertiary alicyclic amines) is 1. The Kier molecular flexibility index (Phi) is 5.22. The predicted molar refractivity (Wildman–Crippen MR) is 99.9 cm³/mol. The Hall–Kier alpha value is -2.25. The van der Waals surface area contributed by atoms with E-state index in [2.05, 4.69) is 9.88 Å². The summed E-state index contributed by atoms with van der Waals surface area (Å²) in [7, 11) is 0. The van der Waals surface area contributed by atoms with Crippen LogP contribution in [0.2, 0.25) is 0 Å². The molecule has 2 aliphatic rings. The first kappa shape index (κ1) is 18.1. The molecule has 1 amide bonds. The highest BCUT2D eigenvalue weighted by Gasteiger charge is 2.30. The lowest BCUT2D eigenvalue weighted by atomic mass is 9.96. The number of benzene rings is 1. The van der Waals surface area contributed by atoms with Gasteiger partial charge in [-0.05, 0) is 37.6 Å². The second-order valence-corrected chi connectivity index (χ2v) is 7.36. The number of morpholine rings is 1. The minimum Gasteiger partial charge on any atom is -0.378 e. The Morgan fingerprint density at radius 1 is 1.22 bits per heavy atom. The molecule has 144 valence electrons. The van der Waals surface area contributed by atoms with Crippen LogP contribution in [0.3, 0.4) is 0 Å². The molecule has 0 radical (unpaired) electrons. The lowest BCUT2D eigenvalue weighted by molar-refractivity contribution is -0.141. The van der Waals surface area contributed by atoms with E-state index in [0.717, 1.165) is 25.1 Å². The van der Waals surface area contributed by atoms with Gasteiger partial charge in [0.2, 0.25) is 5.91 Å². The largest absolute Gasteiger partial charge is 0.378 e. The van der Waals surface area contributed by atoms with E-state index in [0.29, 0.717) is 50.3 Å². The van der Waals surface area contributed by atoms with Crippen molar-refractivity contribution in [2.45, 2.75) is 19.4 Å². The zero-order chi connectivity index (χ0) is 18.8. The van der Waals surface area contributed by atoms with Crippen LogP contribution in [0.4, 0.5) is 4.39 Å². The number of nitrogens with zero attached hydrogens (tertiary/aromatic N) is 2. The number of carbonyl (C=O) groups excluding carboxylic acids is 1. The molecule has 0 aliphatic carbocycles. The minimum atomic E-state index is -0.416.